The molecule has 70 valence electrons. The summed E-state index contributed by atoms with van der Waals surface area (Å²) in [5.41, 5.74) is 1.21. The number of carbonyl (C=O) groups is 1. The van der Waals surface area contributed by atoms with Crippen LogP contribution in [0.15, 0.2) is 22.7 Å². The Morgan fingerprint density at radius 3 is 2.69 bits per heavy atom. The molecule has 0 unspecified atom stereocenters. The normalized spacial score (nSPS) is 9.77. The molecule has 0 heterocycles. The van der Waals surface area contributed by atoms with Gasteiger partial charge in [-0.2, -0.15) is 0 Å². The second kappa shape index (κ2) is 4.42. The van der Waals surface area contributed by atoms with Crippen molar-refractivity contribution in [1.29, 1.82) is 0 Å². The van der Waals surface area contributed by atoms with Crippen molar-refractivity contribution in [2.24, 2.45) is 0 Å². The standard InChI is InChI=1S/C10H11BrO2/c1-3-8-4-5-10(9(11)6-8)13-7(2)12/h4-6H,3H2,1-2H3. The average molecular weight is 243 g/mol. The third kappa shape index (κ3) is 2.84. The highest BCUT2D eigenvalue weighted by atomic mass is 79.9. The van der Waals surface area contributed by atoms with Crippen LogP contribution in [0.4, 0.5) is 0 Å². The summed E-state index contributed by atoms with van der Waals surface area (Å²) in [6.07, 6.45) is 0.971. The fourth-order valence-electron chi connectivity index (χ4n) is 1.00. The predicted molar refractivity (Wildman–Crippen MR) is 54.8 cm³/mol. The maximum atomic E-state index is 10.7. The highest BCUT2D eigenvalue weighted by Gasteiger charge is 2.03. The number of ether oxygens (including phenoxy) is 1. The predicted octanol–water partition coefficient (Wildman–Crippen LogP) is 2.94. The average Bonchev–Trinajstić information content (AvgIpc) is 2.08. The summed E-state index contributed by atoms with van der Waals surface area (Å²) in [5, 5.41) is 0. The molecule has 0 spiro atoms. The Labute approximate surface area is 86.0 Å². The van der Waals surface area contributed by atoms with E-state index in [9.17, 15) is 4.79 Å². The number of hydrogen-bond donors (Lipinski definition) is 0. The van der Waals surface area contributed by atoms with Crippen LogP contribution in [0, 0.1) is 0 Å². The fourth-order valence-corrected chi connectivity index (χ4v) is 1.51. The molecule has 0 saturated heterocycles. The van der Waals surface area contributed by atoms with Crippen LogP contribution < -0.4 is 4.74 Å². The second-order valence-electron chi connectivity index (χ2n) is 2.71. The maximum absolute atomic E-state index is 10.7. The topological polar surface area (TPSA) is 26.3 Å². The van der Waals surface area contributed by atoms with Crippen LogP contribution in [0.3, 0.4) is 0 Å². The van der Waals surface area contributed by atoms with Gasteiger partial charge in [0.25, 0.3) is 0 Å². The minimum absolute atomic E-state index is 0.301. The Balaban J connectivity index is 2.91. The first-order chi connectivity index (χ1) is 6.13. The molecule has 0 fully saturated rings. The molecule has 2 nitrogen and oxygen atoms in total. The van der Waals surface area contributed by atoms with Crippen molar-refractivity contribution in [1.82, 2.24) is 0 Å². The van der Waals surface area contributed by atoms with Crippen molar-refractivity contribution in [2.75, 3.05) is 0 Å². The van der Waals surface area contributed by atoms with Gasteiger partial charge in [0.05, 0.1) is 4.47 Å². The Kier molecular flexibility index (Phi) is 3.48. The summed E-state index contributed by atoms with van der Waals surface area (Å²) in [5.74, 6) is 0.273. The number of rotatable bonds is 2. The van der Waals surface area contributed by atoms with Gasteiger partial charge in [0.15, 0.2) is 0 Å². The minimum Gasteiger partial charge on any atom is -0.426 e. The van der Waals surface area contributed by atoms with Gasteiger partial charge in [-0.15, -0.1) is 0 Å². The van der Waals surface area contributed by atoms with E-state index in [-0.39, 0.29) is 5.97 Å². The lowest BCUT2D eigenvalue weighted by Gasteiger charge is -2.05. The van der Waals surface area contributed by atoms with E-state index in [1.807, 2.05) is 12.1 Å². The molecule has 0 amide bonds. The molecule has 3 heteroatoms. The zero-order valence-corrected chi connectivity index (χ0v) is 9.22. The summed E-state index contributed by atoms with van der Waals surface area (Å²) in [6, 6.07) is 5.70. The molecular formula is C10H11BrO2. The maximum Gasteiger partial charge on any atom is 0.308 e. The van der Waals surface area contributed by atoms with Crippen molar-refractivity contribution < 1.29 is 9.53 Å². The fraction of sp³-hybridized carbons (Fsp3) is 0.300. The number of halogens is 1. The number of carbonyl (C=O) groups excluding carboxylic acids is 1. The Hall–Kier alpha value is -0.830. The molecule has 0 atom stereocenters. The lowest BCUT2D eigenvalue weighted by atomic mass is 10.2. The van der Waals surface area contributed by atoms with Crippen LogP contribution in [-0.2, 0) is 11.2 Å². The summed E-state index contributed by atoms with van der Waals surface area (Å²) < 4.78 is 5.78. The molecule has 0 saturated carbocycles. The van der Waals surface area contributed by atoms with E-state index in [4.69, 9.17) is 4.74 Å². The summed E-state index contributed by atoms with van der Waals surface area (Å²) >= 11 is 3.34. The molecule has 0 aliphatic heterocycles. The summed E-state index contributed by atoms with van der Waals surface area (Å²) in [7, 11) is 0. The third-order valence-electron chi connectivity index (χ3n) is 1.66. The Bertz CT molecular complexity index is 321. The number of aryl methyl sites for hydroxylation is 1. The summed E-state index contributed by atoms with van der Waals surface area (Å²) in [4.78, 5) is 10.7. The molecule has 1 rings (SSSR count). The zero-order valence-electron chi connectivity index (χ0n) is 7.63. The molecule has 0 N–H and O–H groups in total. The van der Waals surface area contributed by atoms with Gasteiger partial charge in [-0.3, -0.25) is 4.79 Å². The van der Waals surface area contributed by atoms with E-state index in [1.165, 1.54) is 12.5 Å². The van der Waals surface area contributed by atoms with Gasteiger partial charge >= 0.3 is 5.97 Å². The number of benzene rings is 1. The monoisotopic (exact) mass is 242 g/mol. The number of hydrogen-bond acceptors (Lipinski definition) is 2. The molecule has 0 aliphatic rings. The molecule has 13 heavy (non-hydrogen) atoms. The Morgan fingerprint density at radius 2 is 2.23 bits per heavy atom. The lowest BCUT2D eigenvalue weighted by molar-refractivity contribution is -0.131. The molecule has 0 aromatic heterocycles. The van der Waals surface area contributed by atoms with Gasteiger partial charge < -0.3 is 4.74 Å². The Morgan fingerprint density at radius 1 is 1.54 bits per heavy atom. The van der Waals surface area contributed by atoms with Crippen LogP contribution in [0.1, 0.15) is 19.4 Å². The van der Waals surface area contributed by atoms with Crippen LogP contribution in [0.2, 0.25) is 0 Å². The minimum atomic E-state index is -0.301. The van der Waals surface area contributed by atoms with Crippen LogP contribution >= 0.6 is 15.9 Å². The molecule has 1 aromatic carbocycles. The SMILES string of the molecule is CCc1ccc(OC(C)=O)c(Br)c1. The first-order valence-corrected chi connectivity index (χ1v) is 4.89. The first kappa shape index (κ1) is 10.3. The van der Waals surface area contributed by atoms with E-state index < -0.39 is 0 Å². The van der Waals surface area contributed by atoms with Crippen molar-refractivity contribution in [3.8, 4) is 5.75 Å². The highest BCUT2D eigenvalue weighted by molar-refractivity contribution is 9.10. The van der Waals surface area contributed by atoms with Gasteiger partial charge in [-0.1, -0.05) is 13.0 Å². The lowest BCUT2D eigenvalue weighted by Crippen LogP contribution is -2.01. The molecule has 0 radical (unpaired) electrons. The van der Waals surface area contributed by atoms with Crippen molar-refractivity contribution in [2.45, 2.75) is 20.3 Å². The zero-order chi connectivity index (χ0) is 9.84. The summed E-state index contributed by atoms with van der Waals surface area (Å²) in [6.45, 7) is 3.47. The second-order valence-corrected chi connectivity index (χ2v) is 3.57. The van der Waals surface area contributed by atoms with Gasteiger partial charge in [0.2, 0.25) is 0 Å². The van der Waals surface area contributed by atoms with Gasteiger partial charge in [-0.05, 0) is 40.0 Å². The van der Waals surface area contributed by atoms with E-state index in [1.54, 1.807) is 6.07 Å². The van der Waals surface area contributed by atoms with Crippen LogP contribution in [0.25, 0.3) is 0 Å². The smallest absolute Gasteiger partial charge is 0.308 e. The van der Waals surface area contributed by atoms with Gasteiger partial charge in [0.1, 0.15) is 5.75 Å². The largest absolute Gasteiger partial charge is 0.426 e. The van der Waals surface area contributed by atoms with Crippen molar-refractivity contribution in [3.05, 3.63) is 28.2 Å². The highest BCUT2D eigenvalue weighted by Crippen LogP contribution is 2.26. The quantitative estimate of drug-likeness (QED) is 0.589. The third-order valence-corrected chi connectivity index (χ3v) is 2.28. The van der Waals surface area contributed by atoms with E-state index >= 15 is 0 Å². The van der Waals surface area contributed by atoms with Crippen LogP contribution in [-0.4, -0.2) is 5.97 Å². The first-order valence-electron chi connectivity index (χ1n) is 4.10. The van der Waals surface area contributed by atoms with Crippen LogP contribution in [0.5, 0.6) is 5.75 Å². The molecule has 0 aliphatic carbocycles. The molecule has 1 aromatic rings. The van der Waals surface area contributed by atoms with Crippen molar-refractivity contribution >= 4 is 21.9 Å². The van der Waals surface area contributed by atoms with E-state index in [2.05, 4.69) is 22.9 Å². The number of esters is 1. The van der Waals surface area contributed by atoms with E-state index in [0.717, 1.165) is 10.9 Å². The van der Waals surface area contributed by atoms with Gasteiger partial charge in [0, 0.05) is 6.92 Å². The van der Waals surface area contributed by atoms with Gasteiger partial charge in [-0.25, -0.2) is 0 Å². The van der Waals surface area contributed by atoms with E-state index in [0.29, 0.717) is 5.75 Å². The van der Waals surface area contributed by atoms with Crippen molar-refractivity contribution in [3.63, 3.8) is 0 Å². The molecule has 0 bridgehead atoms. The molecular weight excluding hydrogens is 232 g/mol.